The maximum atomic E-state index is 12.3. The van der Waals surface area contributed by atoms with Crippen LogP contribution in [0.1, 0.15) is 49.4 Å². The van der Waals surface area contributed by atoms with Crippen LogP contribution in [0.25, 0.3) is 11.0 Å². The van der Waals surface area contributed by atoms with Crippen LogP contribution in [-0.2, 0) is 0 Å². The van der Waals surface area contributed by atoms with Crippen LogP contribution >= 0.6 is 0 Å². The lowest BCUT2D eigenvalue weighted by molar-refractivity contribution is 0.0929. The van der Waals surface area contributed by atoms with Gasteiger partial charge in [-0.3, -0.25) is 4.79 Å². The fraction of sp³-hybridized carbons (Fsp3) is 0.500. The van der Waals surface area contributed by atoms with Gasteiger partial charge in [-0.05, 0) is 42.9 Å². The van der Waals surface area contributed by atoms with Crippen molar-refractivity contribution in [3.63, 3.8) is 0 Å². The molecule has 1 aromatic heterocycles. The number of carbonyl (C=O) groups excluding carboxylic acids is 1. The first kappa shape index (κ1) is 13.2. The van der Waals surface area contributed by atoms with Crippen LogP contribution in [0.4, 0.5) is 0 Å². The van der Waals surface area contributed by atoms with E-state index in [0.717, 1.165) is 24.0 Å². The Labute approximate surface area is 119 Å². The molecule has 4 nitrogen and oxygen atoms in total. The maximum Gasteiger partial charge on any atom is 0.251 e. The number of benzene rings is 1. The minimum Gasteiger partial charge on any atom is -0.351 e. The second-order valence-corrected chi connectivity index (χ2v) is 5.88. The van der Waals surface area contributed by atoms with E-state index in [2.05, 4.69) is 22.2 Å². The average Bonchev–Trinajstić information content (AvgIpc) is 3.13. The highest BCUT2D eigenvalue weighted by molar-refractivity contribution is 5.97. The van der Waals surface area contributed by atoms with E-state index in [1.165, 1.54) is 25.7 Å². The number of hydrogen-bond acceptors (Lipinski definition) is 2. The molecule has 0 spiro atoms. The third-order valence-electron chi connectivity index (χ3n) is 4.72. The molecule has 2 N–H and O–H groups in total. The Morgan fingerprint density at radius 3 is 2.95 bits per heavy atom. The number of rotatable bonds is 4. The molecule has 0 saturated heterocycles. The van der Waals surface area contributed by atoms with E-state index in [0.29, 0.717) is 11.0 Å². The number of hydrogen-bond donors (Lipinski definition) is 2. The van der Waals surface area contributed by atoms with Crippen LogP contribution in [-0.4, -0.2) is 22.4 Å². The molecule has 0 aliphatic heterocycles. The molecular formula is C16H21N3O. The minimum absolute atomic E-state index is 0.0150. The fourth-order valence-electron chi connectivity index (χ4n) is 3.23. The number of nitrogens with zero attached hydrogens (tertiary/aromatic N) is 1. The standard InChI is InChI=1S/C16H21N3O/c1-2-16(7-3-4-8-16)10-17-15(20)12-5-6-13-14(9-12)19-11-18-13/h5-6,9,11H,2-4,7-8,10H2,1H3,(H,17,20)(H,18,19). The van der Waals surface area contributed by atoms with Crippen molar-refractivity contribution in [1.29, 1.82) is 0 Å². The molecule has 1 amide bonds. The highest BCUT2D eigenvalue weighted by atomic mass is 16.1. The SMILES string of the molecule is CCC1(CNC(=O)c2ccc3nc[nH]c3c2)CCCC1. The number of aromatic nitrogens is 2. The van der Waals surface area contributed by atoms with Gasteiger partial charge in [0.2, 0.25) is 0 Å². The average molecular weight is 271 g/mol. The monoisotopic (exact) mass is 271 g/mol. The van der Waals surface area contributed by atoms with Crippen LogP contribution in [0.3, 0.4) is 0 Å². The second kappa shape index (κ2) is 5.27. The Kier molecular flexibility index (Phi) is 3.47. The van der Waals surface area contributed by atoms with Crippen molar-refractivity contribution in [3.8, 4) is 0 Å². The summed E-state index contributed by atoms with van der Waals surface area (Å²) >= 11 is 0. The first-order valence-corrected chi connectivity index (χ1v) is 7.44. The van der Waals surface area contributed by atoms with Gasteiger partial charge in [0.05, 0.1) is 17.4 Å². The number of fused-ring (bicyclic) bond motifs is 1. The van der Waals surface area contributed by atoms with Crippen LogP contribution in [0, 0.1) is 5.41 Å². The summed E-state index contributed by atoms with van der Waals surface area (Å²) in [7, 11) is 0. The third kappa shape index (κ3) is 2.42. The normalized spacial score (nSPS) is 17.4. The Morgan fingerprint density at radius 1 is 1.40 bits per heavy atom. The summed E-state index contributed by atoms with van der Waals surface area (Å²) in [4.78, 5) is 19.5. The molecule has 3 rings (SSSR count). The number of carbonyl (C=O) groups is 1. The predicted octanol–water partition coefficient (Wildman–Crippen LogP) is 3.26. The molecule has 1 fully saturated rings. The van der Waals surface area contributed by atoms with Gasteiger partial charge in [-0.15, -0.1) is 0 Å². The lowest BCUT2D eigenvalue weighted by Crippen LogP contribution is -2.35. The van der Waals surface area contributed by atoms with E-state index in [1.54, 1.807) is 6.33 Å². The van der Waals surface area contributed by atoms with Gasteiger partial charge in [0.25, 0.3) is 5.91 Å². The van der Waals surface area contributed by atoms with Crippen molar-refractivity contribution in [2.24, 2.45) is 5.41 Å². The molecule has 2 aromatic rings. The van der Waals surface area contributed by atoms with Gasteiger partial charge >= 0.3 is 0 Å². The number of H-pyrrole nitrogens is 1. The summed E-state index contributed by atoms with van der Waals surface area (Å²) in [6, 6.07) is 5.59. The van der Waals surface area contributed by atoms with Crippen LogP contribution in [0.2, 0.25) is 0 Å². The number of imidazole rings is 1. The zero-order chi connectivity index (χ0) is 14.0. The molecule has 1 saturated carbocycles. The maximum absolute atomic E-state index is 12.3. The Bertz CT molecular complexity index is 611. The van der Waals surface area contributed by atoms with Gasteiger partial charge in [0.1, 0.15) is 0 Å². The summed E-state index contributed by atoms with van der Waals surface area (Å²) in [6.07, 6.45) is 7.87. The Morgan fingerprint density at radius 2 is 2.20 bits per heavy atom. The van der Waals surface area contributed by atoms with Gasteiger partial charge in [0, 0.05) is 12.1 Å². The van der Waals surface area contributed by atoms with Gasteiger partial charge in [-0.25, -0.2) is 4.98 Å². The molecule has 20 heavy (non-hydrogen) atoms. The molecule has 0 bridgehead atoms. The zero-order valence-corrected chi connectivity index (χ0v) is 11.9. The van der Waals surface area contributed by atoms with Crippen molar-refractivity contribution in [1.82, 2.24) is 15.3 Å². The number of amides is 1. The molecule has 4 heteroatoms. The van der Waals surface area contributed by atoms with Crippen LogP contribution in [0.15, 0.2) is 24.5 Å². The first-order chi connectivity index (χ1) is 9.72. The molecule has 106 valence electrons. The van der Waals surface area contributed by atoms with E-state index < -0.39 is 0 Å². The smallest absolute Gasteiger partial charge is 0.251 e. The van der Waals surface area contributed by atoms with E-state index in [-0.39, 0.29) is 5.91 Å². The van der Waals surface area contributed by atoms with Crippen LogP contribution in [0.5, 0.6) is 0 Å². The predicted molar refractivity (Wildman–Crippen MR) is 79.6 cm³/mol. The van der Waals surface area contributed by atoms with Gasteiger partial charge in [0.15, 0.2) is 0 Å². The summed E-state index contributed by atoms with van der Waals surface area (Å²) < 4.78 is 0. The molecule has 0 atom stereocenters. The molecule has 0 radical (unpaired) electrons. The third-order valence-corrected chi connectivity index (χ3v) is 4.72. The lowest BCUT2D eigenvalue weighted by Gasteiger charge is -2.27. The minimum atomic E-state index is 0.0150. The van der Waals surface area contributed by atoms with Crippen molar-refractivity contribution < 1.29 is 4.79 Å². The van der Waals surface area contributed by atoms with Crippen molar-refractivity contribution >= 4 is 16.9 Å². The van der Waals surface area contributed by atoms with Crippen molar-refractivity contribution in [3.05, 3.63) is 30.1 Å². The molecule has 1 aliphatic rings. The van der Waals surface area contributed by atoms with E-state index >= 15 is 0 Å². The summed E-state index contributed by atoms with van der Waals surface area (Å²) in [5.74, 6) is 0.0150. The molecular weight excluding hydrogens is 250 g/mol. The quantitative estimate of drug-likeness (QED) is 0.896. The van der Waals surface area contributed by atoms with Crippen molar-refractivity contribution in [2.75, 3.05) is 6.54 Å². The molecule has 0 unspecified atom stereocenters. The summed E-state index contributed by atoms with van der Waals surface area (Å²) in [5.41, 5.74) is 2.82. The lowest BCUT2D eigenvalue weighted by atomic mass is 9.83. The zero-order valence-electron chi connectivity index (χ0n) is 11.9. The van der Waals surface area contributed by atoms with E-state index in [1.807, 2.05) is 18.2 Å². The largest absolute Gasteiger partial charge is 0.351 e. The highest BCUT2D eigenvalue weighted by Crippen LogP contribution is 2.40. The molecule has 1 heterocycles. The molecule has 1 aromatic carbocycles. The van der Waals surface area contributed by atoms with Crippen molar-refractivity contribution in [2.45, 2.75) is 39.0 Å². The molecule has 1 aliphatic carbocycles. The Hall–Kier alpha value is -1.84. The Balaban J connectivity index is 1.69. The van der Waals surface area contributed by atoms with Gasteiger partial charge < -0.3 is 10.3 Å². The topological polar surface area (TPSA) is 57.8 Å². The summed E-state index contributed by atoms with van der Waals surface area (Å²) in [6.45, 7) is 3.03. The fourth-order valence-corrected chi connectivity index (χ4v) is 3.23. The van der Waals surface area contributed by atoms with E-state index in [4.69, 9.17) is 0 Å². The second-order valence-electron chi connectivity index (χ2n) is 5.88. The first-order valence-electron chi connectivity index (χ1n) is 7.44. The van der Waals surface area contributed by atoms with E-state index in [9.17, 15) is 4.79 Å². The van der Waals surface area contributed by atoms with Crippen LogP contribution < -0.4 is 5.32 Å². The number of aromatic amines is 1. The summed E-state index contributed by atoms with van der Waals surface area (Å²) in [5, 5.41) is 3.12. The van der Waals surface area contributed by atoms with Gasteiger partial charge in [-0.2, -0.15) is 0 Å². The highest BCUT2D eigenvalue weighted by Gasteiger charge is 2.32. The van der Waals surface area contributed by atoms with Gasteiger partial charge in [-0.1, -0.05) is 19.8 Å². The number of nitrogens with one attached hydrogen (secondary N) is 2.